The van der Waals surface area contributed by atoms with Crippen molar-refractivity contribution in [3.63, 3.8) is 0 Å². The van der Waals surface area contributed by atoms with Crippen LogP contribution in [0.1, 0.15) is 54.4 Å². The average Bonchev–Trinajstić information content (AvgIpc) is 3.38. The molecule has 8 rings (SSSR count). The van der Waals surface area contributed by atoms with E-state index in [-0.39, 0.29) is 24.1 Å². The molecular weight excluding hydrogens is 502 g/mol. The lowest BCUT2D eigenvalue weighted by Gasteiger charge is -2.30. The average molecular weight is 540 g/mol. The smallest absolute Gasteiger partial charge is 0.255 e. The molecule has 2 aliphatic carbocycles. The Balaban J connectivity index is 1.17. The molecule has 4 aromatic heterocycles. The fourth-order valence-corrected chi connectivity index (χ4v) is 7.32. The fraction of sp³-hybridized carbons (Fsp3) is 0.516. The van der Waals surface area contributed by atoms with Gasteiger partial charge in [0.25, 0.3) is 5.91 Å². The number of piperidine rings is 2. The fourth-order valence-electron chi connectivity index (χ4n) is 7.32. The van der Waals surface area contributed by atoms with Crippen molar-refractivity contribution < 1.29 is 9.90 Å². The first-order valence-electron chi connectivity index (χ1n) is 14.9. The third-order valence-corrected chi connectivity index (χ3v) is 9.94. The Hall–Kier alpha value is -3.43. The van der Waals surface area contributed by atoms with Gasteiger partial charge in [0.15, 0.2) is 0 Å². The Morgan fingerprint density at radius 2 is 1.90 bits per heavy atom. The molecule has 208 valence electrons. The van der Waals surface area contributed by atoms with E-state index in [4.69, 9.17) is 15.8 Å². The Kier molecular flexibility index (Phi) is 5.51. The van der Waals surface area contributed by atoms with Gasteiger partial charge in [-0.1, -0.05) is 0 Å². The van der Waals surface area contributed by atoms with E-state index in [0.717, 1.165) is 91.2 Å². The minimum atomic E-state index is -0.206. The number of amides is 1. The van der Waals surface area contributed by atoms with Gasteiger partial charge in [-0.15, -0.1) is 0 Å². The Labute approximate surface area is 233 Å². The van der Waals surface area contributed by atoms with E-state index in [1.165, 1.54) is 12.8 Å². The number of nitrogens with zero attached hydrogens (tertiary/aromatic N) is 6. The number of hydrogen-bond acceptors (Lipinski definition) is 6. The van der Waals surface area contributed by atoms with Gasteiger partial charge < -0.3 is 25.2 Å². The maximum absolute atomic E-state index is 13.5. The summed E-state index contributed by atoms with van der Waals surface area (Å²) in [6.45, 7) is 5.47. The molecule has 40 heavy (non-hydrogen) atoms. The number of aliphatic hydroxyl groups excluding tert-OH is 1. The first kappa shape index (κ1) is 24.4. The second-order valence-corrected chi connectivity index (χ2v) is 12.5. The number of aromatic nitrogens is 4. The Bertz CT molecular complexity index is 1630. The molecule has 2 bridgehead atoms. The van der Waals surface area contributed by atoms with Crippen molar-refractivity contribution in [1.82, 2.24) is 24.1 Å². The molecule has 4 fully saturated rings. The van der Waals surface area contributed by atoms with E-state index >= 15 is 0 Å². The molecule has 2 aliphatic heterocycles. The standard InChI is InChI=1S/C31H37N7O2/c1-18-24-7-5-22(31(40)37-16-21-4-8-25(37)28(21)32)17-38(24)34-29(18)26-14-20-6-9-27(35-12-10-23(39)11-13-35)33-30(20)36(26)15-19-2-3-19/h5-7,9,14,17,19,21,23,25,28,39H,2-4,8,10-13,15-16,32H2,1H3/t21?,25?,28-/m1/s1. The Morgan fingerprint density at radius 1 is 1.07 bits per heavy atom. The maximum atomic E-state index is 13.5. The lowest BCUT2D eigenvalue weighted by Crippen LogP contribution is -2.41. The molecule has 1 amide bonds. The van der Waals surface area contributed by atoms with E-state index in [1.807, 2.05) is 27.7 Å². The molecule has 3 N–H and O–H groups in total. The summed E-state index contributed by atoms with van der Waals surface area (Å²) in [6.07, 6.45) is 7.88. The minimum absolute atomic E-state index is 0.0593. The molecule has 0 aromatic carbocycles. The first-order chi connectivity index (χ1) is 19.4. The van der Waals surface area contributed by atoms with Crippen LogP contribution >= 0.6 is 0 Å². The maximum Gasteiger partial charge on any atom is 0.255 e. The second kappa shape index (κ2) is 9.04. The number of pyridine rings is 2. The molecule has 9 nitrogen and oxygen atoms in total. The number of nitrogens with two attached hydrogens (primary N) is 1. The third-order valence-electron chi connectivity index (χ3n) is 9.94. The van der Waals surface area contributed by atoms with Gasteiger partial charge in [0.1, 0.15) is 17.2 Å². The zero-order valence-corrected chi connectivity index (χ0v) is 23.0. The number of hydrogen-bond donors (Lipinski definition) is 2. The predicted octanol–water partition coefficient (Wildman–Crippen LogP) is 3.59. The summed E-state index contributed by atoms with van der Waals surface area (Å²) in [4.78, 5) is 22.9. The van der Waals surface area contributed by atoms with Crippen molar-refractivity contribution in [3.05, 3.63) is 47.7 Å². The monoisotopic (exact) mass is 539 g/mol. The van der Waals surface area contributed by atoms with Gasteiger partial charge in [-0.25, -0.2) is 9.50 Å². The summed E-state index contributed by atoms with van der Waals surface area (Å²) < 4.78 is 4.24. The van der Waals surface area contributed by atoms with E-state index in [0.29, 0.717) is 17.4 Å². The highest BCUT2D eigenvalue weighted by Crippen LogP contribution is 2.39. The third kappa shape index (κ3) is 3.85. The number of likely N-dealkylation sites (tertiary alicyclic amines) is 1. The van der Waals surface area contributed by atoms with Crippen LogP contribution in [0.5, 0.6) is 0 Å². The summed E-state index contributed by atoms with van der Waals surface area (Å²) in [5, 5.41) is 16.1. The van der Waals surface area contributed by atoms with Crippen molar-refractivity contribution in [3.8, 4) is 11.4 Å². The lowest BCUT2D eigenvalue weighted by atomic mass is 10.1. The van der Waals surface area contributed by atoms with Gasteiger partial charge in [0.05, 0.1) is 22.9 Å². The highest BCUT2D eigenvalue weighted by Gasteiger charge is 2.46. The number of aliphatic hydroxyl groups is 1. The van der Waals surface area contributed by atoms with Crippen LogP contribution in [0, 0.1) is 18.8 Å². The number of carbonyl (C=O) groups excluding carboxylic acids is 1. The van der Waals surface area contributed by atoms with Gasteiger partial charge >= 0.3 is 0 Å². The van der Waals surface area contributed by atoms with Crippen LogP contribution in [0.4, 0.5) is 5.82 Å². The number of carbonyl (C=O) groups is 1. The topological polar surface area (TPSA) is 105 Å². The molecule has 2 saturated carbocycles. The van der Waals surface area contributed by atoms with Crippen molar-refractivity contribution in [2.45, 2.75) is 70.2 Å². The second-order valence-electron chi connectivity index (χ2n) is 12.5. The summed E-state index contributed by atoms with van der Waals surface area (Å²) in [5.74, 6) is 2.14. The van der Waals surface area contributed by atoms with E-state index in [9.17, 15) is 9.90 Å². The molecule has 6 heterocycles. The Morgan fingerprint density at radius 3 is 2.62 bits per heavy atom. The molecule has 2 unspecified atom stereocenters. The zero-order valence-electron chi connectivity index (χ0n) is 23.0. The number of rotatable bonds is 5. The summed E-state index contributed by atoms with van der Waals surface area (Å²) in [7, 11) is 0. The van der Waals surface area contributed by atoms with Gasteiger partial charge in [0, 0.05) is 55.4 Å². The largest absolute Gasteiger partial charge is 0.393 e. The summed E-state index contributed by atoms with van der Waals surface area (Å²) in [6, 6.07) is 10.7. The molecule has 0 spiro atoms. The first-order valence-corrected chi connectivity index (χ1v) is 14.9. The molecule has 3 atom stereocenters. The highest BCUT2D eigenvalue weighted by molar-refractivity contribution is 5.95. The van der Waals surface area contributed by atoms with Gasteiger partial charge in [0.2, 0.25) is 0 Å². The van der Waals surface area contributed by atoms with Crippen LogP contribution in [0.3, 0.4) is 0 Å². The van der Waals surface area contributed by atoms with Crippen LogP contribution in [0.2, 0.25) is 0 Å². The summed E-state index contributed by atoms with van der Waals surface area (Å²) in [5.41, 5.74) is 12.2. The molecule has 4 aromatic rings. The van der Waals surface area contributed by atoms with Crippen molar-refractivity contribution in [1.29, 1.82) is 0 Å². The van der Waals surface area contributed by atoms with E-state index in [2.05, 4.69) is 34.6 Å². The number of fused-ring (bicyclic) bond motifs is 4. The van der Waals surface area contributed by atoms with Crippen molar-refractivity contribution in [2.24, 2.45) is 17.6 Å². The molecule has 2 saturated heterocycles. The van der Waals surface area contributed by atoms with Crippen LogP contribution < -0.4 is 10.6 Å². The van der Waals surface area contributed by atoms with Gasteiger partial charge in [-0.2, -0.15) is 5.10 Å². The van der Waals surface area contributed by atoms with Gasteiger partial charge in [-0.05, 0) is 87.6 Å². The normalized spacial score (nSPS) is 25.1. The van der Waals surface area contributed by atoms with Crippen molar-refractivity contribution >= 4 is 28.3 Å². The lowest BCUT2D eigenvalue weighted by molar-refractivity contribution is 0.0700. The van der Waals surface area contributed by atoms with Crippen LogP contribution in [0.25, 0.3) is 27.9 Å². The van der Waals surface area contributed by atoms with Gasteiger partial charge in [-0.3, -0.25) is 4.79 Å². The molecule has 0 radical (unpaired) electrons. The molecule has 9 heteroatoms. The number of aryl methyl sites for hydroxylation is 1. The van der Waals surface area contributed by atoms with Crippen LogP contribution in [0.15, 0.2) is 36.5 Å². The highest BCUT2D eigenvalue weighted by atomic mass is 16.3. The summed E-state index contributed by atoms with van der Waals surface area (Å²) >= 11 is 0. The molecule has 4 aliphatic rings. The predicted molar refractivity (Wildman–Crippen MR) is 154 cm³/mol. The van der Waals surface area contributed by atoms with E-state index < -0.39 is 0 Å². The SMILES string of the molecule is Cc1c(-c2cc3ccc(N4CCC(O)CC4)nc3n2CC2CC2)nn2cc(C(=O)N3CC4CCC3[C@@H]4N)ccc12. The zero-order chi connectivity index (χ0) is 27.1. The quantitative estimate of drug-likeness (QED) is 0.402. The van der Waals surface area contributed by atoms with Crippen LogP contribution in [-0.2, 0) is 6.54 Å². The van der Waals surface area contributed by atoms with Crippen molar-refractivity contribution in [2.75, 3.05) is 24.5 Å². The number of anilines is 1. The molecular formula is C31H37N7O2. The minimum Gasteiger partial charge on any atom is -0.393 e. The van der Waals surface area contributed by atoms with E-state index in [1.54, 1.807) is 0 Å². The van der Waals surface area contributed by atoms with Crippen LogP contribution in [-0.4, -0.2) is 72.9 Å².